The van der Waals surface area contributed by atoms with Gasteiger partial charge in [0.15, 0.2) is 0 Å². The minimum absolute atomic E-state index is 0.00363. The summed E-state index contributed by atoms with van der Waals surface area (Å²) in [5.74, 6) is -1.57. The van der Waals surface area contributed by atoms with Gasteiger partial charge in [0, 0.05) is 5.56 Å². The number of hydrogen-bond acceptors (Lipinski definition) is 16. The summed E-state index contributed by atoms with van der Waals surface area (Å²) in [4.78, 5) is 23.6. The molecule has 1 aromatic carbocycles. The monoisotopic (exact) mass is 761 g/mol. The Morgan fingerprint density at radius 3 is 1.08 bits per heavy atom. The highest BCUT2D eigenvalue weighted by Crippen LogP contribution is 2.06. The minimum Gasteiger partial charge on any atom is -0.457 e. The predicted octanol–water partition coefficient (Wildman–Crippen LogP) is 1.36. The van der Waals surface area contributed by atoms with Crippen molar-refractivity contribution in [3.05, 3.63) is 35.9 Å². The molecule has 306 valence electrons. The largest absolute Gasteiger partial charge is 0.457 e. The topological polar surface area (TPSA) is 166 Å². The Morgan fingerprint density at radius 2 is 0.736 bits per heavy atom. The number of esters is 1. The summed E-state index contributed by atoms with van der Waals surface area (Å²) in [6.45, 7) is 13.0. The van der Waals surface area contributed by atoms with Crippen LogP contribution in [0.25, 0.3) is 0 Å². The first-order valence-electron chi connectivity index (χ1n) is 18.7. The number of piperidine rings is 1. The number of ketones is 1. The first-order valence-corrected chi connectivity index (χ1v) is 18.7. The average molecular weight is 762 g/mol. The van der Waals surface area contributed by atoms with Crippen LogP contribution in [-0.2, 0) is 66.4 Å². The molecule has 0 aliphatic carbocycles. The van der Waals surface area contributed by atoms with E-state index in [0.29, 0.717) is 157 Å². The van der Waals surface area contributed by atoms with Crippen molar-refractivity contribution in [1.29, 1.82) is 0 Å². The molecule has 0 bridgehead atoms. The van der Waals surface area contributed by atoms with Crippen LogP contribution in [0.2, 0.25) is 0 Å². The Morgan fingerprint density at radius 1 is 0.434 bits per heavy atom. The van der Waals surface area contributed by atoms with E-state index in [0.717, 1.165) is 25.9 Å². The highest BCUT2D eigenvalue weighted by molar-refractivity contribution is 6.40. The lowest BCUT2D eigenvalue weighted by atomic mass is 10.1. The van der Waals surface area contributed by atoms with Gasteiger partial charge >= 0.3 is 5.97 Å². The van der Waals surface area contributed by atoms with Crippen LogP contribution in [-0.4, -0.2) is 190 Å². The maximum atomic E-state index is 11.9. The van der Waals surface area contributed by atoms with Gasteiger partial charge in [-0.15, -0.1) is 0 Å². The van der Waals surface area contributed by atoms with Crippen molar-refractivity contribution in [2.45, 2.75) is 18.9 Å². The molecule has 16 nitrogen and oxygen atoms in total. The van der Waals surface area contributed by atoms with Crippen LogP contribution in [0.1, 0.15) is 23.2 Å². The molecule has 1 aromatic rings. The van der Waals surface area contributed by atoms with Crippen molar-refractivity contribution >= 4 is 11.8 Å². The van der Waals surface area contributed by atoms with Crippen molar-refractivity contribution in [3.63, 3.8) is 0 Å². The molecule has 53 heavy (non-hydrogen) atoms. The molecular weight excluding hydrogens is 698 g/mol. The number of ether oxygens (including phenoxy) is 13. The second kappa shape index (κ2) is 36.8. The van der Waals surface area contributed by atoms with E-state index in [2.05, 4.69) is 5.32 Å². The lowest BCUT2D eigenvalue weighted by molar-refractivity contribution is -0.139. The molecule has 2 rings (SSSR count). The molecule has 0 spiro atoms. The fourth-order valence-electron chi connectivity index (χ4n) is 4.50. The van der Waals surface area contributed by atoms with E-state index in [1.54, 1.807) is 30.3 Å². The number of rotatable bonds is 39. The molecule has 0 saturated carbocycles. The van der Waals surface area contributed by atoms with E-state index >= 15 is 0 Å². The second-order valence-corrected chi connectivity index (χ2v) is 11.4. The van der Waals surface area contributed by atoms with Crippen LogP contribution in [0.5, 0.6) is 0 Å². The third-order valence-corrected chi connectivity index (χ3v) is 7.27. The van der Waals surface area contributed by atoms with Gasteiger partial charge in [0.1, 0.15) is 6.61 Å². The van der Waals surface area contributed by atoms with Crippen molar-refractivity contribution in [3.8, 4) is 0 Å². The van der Waals surface area contributed by atoms with Crippen LogP contribution in [0.15, 0.2) is 30.3 Å². The Balaban J connectivity index is 1.14. The van der Waals surface area contributed by atoms with Gasteiger partial charge in [-0.3, -0.25) is 4.79 Å². The zero-order valence-electron chi connectivity index (χ0n) is 31.4. The summed E-state index contributed by atoms with van der Waals surface area (Å²) in [7, 11) is 0. The summed E-state index contributed by atoms with van der Waals surface area (Å²) < 4.78 is 70.9. The van der Waals surface area contributed by atoms with Gasteiger partial charge in [-0.25, -0.2) is 4.79 Å². The van der Waals surface area contributed by atoms with E-state index in [1.165, 1.54) is 0 Å². The molecular formula is C37H63NO15. The minimum atomic E-state index is -0.898. The SMILES string of the molecule is O=C(OCCOCCOCCOCCOCCOCCOCCOCCOCCOCCOCCOCCOC1CCNCC1)C(=O)c1ccccc1. The summed E-state index contributed by atoms with van der Waals surface area (Å²) in [5, 5.41) is 3.32. The van der Waals surface area contributed by atoms with Crippen LogP contribution >= 0.6 is 0 Å². The normalized spacial score (nSPS) is 13.4. The number of carbonyl (C=O) groups is 2. The molecule has 1 saturated heterocycles. The Labute approximate surface area is 314 Å². The third kappa shape index (κ3) is 29.8. The van der Waals surface area contributed by atoms with E-state index in [4.69, 9.17) is 61.6 Å². The van der Waals surface area contributed by atoms with E-state index < -0.39 is 11.8 Å². The molecule has 1 aliphatic rings. The quantitative estimate of drug-likeness (QED) is 0.0442. The molecule has 0 atom stereocenters. The fraction of sp³-hybridized carbons (Fsp3) is 0.784. The molecule has 16 heteroatoms. The van der Waals surface area contributed by atoms with Crippen molar-refractivity contribution < 1.29 is 71.2 Å². The molecule has 1 fully saturated rings. The van der Waals surface area contributed by atoms with Crippen LogP contribution in [0, 0.1) is 0 Å². The van der Waals surface area contributed by atoms with Crippen molar-refractivity contribution in [1.82, 2.24) is 5.32 Å². The van der Waals surface area contributed by atoms with Gasteiger partial charge in [0.05, 0.1) is 158 Å². The zero-order valence-corrected chi connectivity index (χ0v) is 31.4. The zero-order chi connectivity index (χ0) is 37.5. The molecule has 1 aliphatic heterocycles. The Hall–Kier alpha value is -2.16. The highest BCUT2D eigenvalue weighted by Gasteiger charge is 2.17. The first kappa shape index (κ1) is 47.0. The summed E-state index contributed by atoms with van der Waals surface area (Å²) in [6.07, 6.45) is 2.51. The van der Waals surface area contributed by atoms with E-state index in [1.807, 2.05) is 0 Å². The van der Waals surface area contributed by atoms with Gasteiger partial charge < -0.3 is 66.9 Å². The van der Waals surface area contributed by atoms with E-state index in [9.17, 15) is 9.59 Å². The standard InChI is InChI=1S/C37H63NO15/c39-36(34-4-2-1-3-5-34)37(40)53-33-31-51-29-27-49-25-23-47-21-19-45-17-15-43-13-11-41-10-12-42-14-16-44-18-20-46-22-24-48-26-28-50-30-32-52-35-6-8-38-9-7-35/h1-5,35,38H,6-33H2. The maximum absolute atomic E-state index is 11.9. The number of Topliss-reactive ketones (excluding diaryl/α,β-unsaturated/α-hetero) is 1. The van der Waals surface area contributed by atoms with E-state index in [-0.39, 0.29) is 13.2 Å². The van der Waals surface area contributed by atoms with Crippen molar-refractivity contribution in [2.24, 2.45) is 0 Å². The molecule has 1 N–H and O–H groups in total. The lowest BCUT2D eigenvalue weighted by Gasteiger charge is -2.22. The first-order chi connectivity index (χ1) is 26.3. The highest BCUT2D eigenvalue weighted by atomic mass is 16.6. The van der Waals surface area contributed by atoms with Crippen LogP contribution in [0.3, 0.4) is 0 Å². The molecule has 1 heterocycles. The van der Waals surface area contributed by atoms with Gasteiger partial charge in [-0.1, -0.05) is 30.3 Å². The lowest BCUT2D eigenvalue weighted by Crippen LogP contribution is -2.33. The number of nitrogens with one attached hydrogen (secondary N) is 1. The van der Waals surface area contributed by atoms with Gasteiger partial charge in [0.2, 0.25) is 0 Å². The Bertz CT molecular complexity index is 955. The molecule has 0 radical (unpaired) electrons. The van der Waals surface area contributed by atoms with Gasteiger partial charge in [-0.2, -0.15) is 0 Å². The average Bonchev–Trinajstić information content (AvgIpc) is 3.19. The summed E-state index contributed by atoms with van der Waals surface area (Å²) >= 11 is 0. The van der Waals surface area contributed by atoms with Crippen molar-refractivity contribution in [2.75, 3.05) is 172 Å². The van der Waals surface area contributed by atoms with Gasteiger partial charge in [0.25, 0.3) is 5.78 Å². The smallest absolute Gasteiger partial charge is 0.379 e. The molecule has 0 aromatic heterocycles. The summed E-state index contributed by atoms with van der Waals surface area (Å²) in [6, 6.07) is 8.26. The molecule has 0 amide bonds. The number of carbonyl (C=O) groups excluding carboxylic acids is 2. The Kier molecular flexibility index (Phi) is 32.6. The third-order valence-electron chi connectivity index (χ3n) is 7.27. The maximum Gasteiger partial charge on any atom is 0.379 e. The van der Waals surface area contributed by atoms with Crippen LogP contribution in [0.4, 0.5) is 0 Å². The fourth-order valence-corrected chi connectivity index (χ4v) is 4.50. The summed E-state index contributed by atoms with van der Waals surface area (Å²) in [5.41, 5.74) is 0.295. The number of benzene rings is 1. The second-order valence-electron chi connectivity index (χ2n) is 11.4. The van der Waals surface area contributed by atoms with Gasteiger partial charge in [-0.05, 0) is 25.9 Å². The van der Waals surface area contributed by atoms with Crippen LogP contribution < -0.4 is 5.32 Å². The molecule has 0 unspecified atom stereocenters. The number of hydrogen-bond donors (Lipinski definition) is 1. The predicted molar refractivity (Wildman–Crippen MR) is 193 cm³/mol.